The van der Waals surface area contributed by atoms with Crippen LogP contribution in [0.15, 0.2) is 0 Å². The van der Waals surface area contributed by atoms with Gasteiger partial charge in [-0.25, -0.2) is 0 Å². The maximum atomic E-state index is 2.58. The van der Waals surface area contributed by atoms with Crippen LogP contribution in [0, 0.1) is 11.8 Å². The Bertz CT molecular complexity index is 158. The van der Waals surface area contributed by atoms with E-state index in [1.54, 1.807) is 38.0 Å². The molecule has 0 heterocycles. The molecule has 2 aliphatic rings. The second kappa shape index (κ2) is 7.00. The van der Waals surface area contributed by atoms with Crippen LogP contribution in [-0.2, 0) is 0 Å². The quantitative estimate of drug-likeness (QED) is 0.588. The van der Waals surface area contributed by atoms with Gasteiger partial charge in [-0.05, 0) is 30.8 Å². The molecule has 2 aliphatic carbocycles. The standard InChI is InChI=1S/C15H29P/c1-16(12-14-8-4-2-5-9-14)13-15-10-6-3-7-11-15/h14-15H,2-13H2,1H3. The van der Waals surface area contributed by atoms with Gasteiger partial charge in [-0.15, -0.1) is 7.92 Å². The van der Waals surface area contributed by atoms with Crippen molar-refractivity contribution >= 4 is 7.92 Å². The van der Waals surface area contributed by atoms with E-state index in [9.17, 15) is 0 Å². The minimum Gasteiger partial charge on any atom is -0.109 e. The van der Waals surface area contributed by atoms with Crippen LogP contribution in [0.2, 0.25) is 0 Å². The molecule has 0 spiro atoms. The zero-order chi connectivity index (χ0) is 11.2. The maximum Gasteiger partial charge on any atom is -0.0300 e. The molecule has 2 rings (SSSR count). The van der Waals surface area contributed by atoms with E-state index < -0.39 is 0 Å². The maximum absolute atomic E-state index is 2.58. The molecule has 0 aromatic rings. The number of hydrogen-bond donors (Lipinski definition) is 0. The minimum atomic E-state index is 0.374. The van der Waals surface area contributed by atoms with Gasteiger partial charge in [-0.3, -0.25) is 0 Å². The van der Waals surface area contributed by atoms with Gasteiger partial charge in [-0.2, -0.15) is 0 Å². The van der Waals surface area contributed by atoms with Crippen LogP contribution in [-0.4, -0.2) is 19.0 Å². The topological polar surface area (TPSA) is 0 Å². The van der Waals surface area contributed by atoms with E-state index in [0.29, 0.717) is 7.92 Å². The summed E-state index contributed by atoms with van der Waals surface area (Å²) in [6.45, 7) is 2.58. The van der Waals surface area contributed by atoms with Gasteiger partial charge in [0.2, 0.25) is 0 Å². The molecule has 94 valence electrons. The molecule has 0 radical (unpaired) electrons. The van der Waals surface area contributed by atoms with E-state index in [1.807, 2.05) is 0 Å². The molecule has 0 unspecified atom stereocenters. The summed E-state index contributed by atoms with van der Waals surface area (Å²) in [4.78, 5) is 0. The van der Waals surface area contributed by atoms with Crippen molar-refractivity contribution in [3.8, 4) is 0 Å². The summed E-state index contributed by atoms with van der Waals surface area (Å²) in [6.07, 6.45) is 18.5. The Morgan fingerprint density at radius 1 is 0.688 bits per heavy atom. The molecule has 0 aliphatic heterocycles. The minimum absolute atomic E-state index is 0.374. The molecular weight excluding hydrogens is 211 g/mol. The smallest absolute Gasteiger partial charge is 0.0300 e. The van der Waals surface area contributed by atoms with Gasteiger partial charge in [0, 0.05) is 0 Å². The first-order valence-corrected chi connectivity index (χ1v) is 9.69. The summed E-state index contributed by atoms with van der Waals surface area (Å²) in [5, 5.41) is 0. The fourth-order valence-electron chi connectivity index (χ4n) is 3.70. The van der Waals surface area contributed by atoms with E-state index in [2.05, 4.69) is 6.66 Å². The van der Waals surface area contributed by atoms with Crippen molar-refractivity contribution in [1.29, 1.82) is 0 Å². The Hall–Kier alpha value is 0.430. The molecule has 0 amide bonds. The van der Waals surface area contributed by atoms with Crippen LogP contribution >= 0.6 is 7.92 Å². The van der Waals surface area contributed by atoms with Gasteiger partial charge in [0.15, 0.2) is 0 Å². The summed E-state index contributed by atoms with van der Waals surface area (Å²) in [6, 6.07) is 0. The van der Waals surface area contributed by atoms with Crippen LogP contribution in [0.4, 0.5) is 0 Å². The zero-order valence-corrected chi connectivity index (χ0v) is 12.0. The average Bonchev–Trinajstić information content (AvgIpc) is 2.31. The predicted octanol–water partition coefficient (Wildman–Crippen LogP) is 5.26. The van der Waals surface area contributed by atoms with Crippen LogP contribution in [0.25, 0.3) is 0 Å². The monoisotopic (exact) mass is 240 g/mol. The molecule has 0 atom stereocenters. The SMILES string of the molecule is CP(CC1CCCCC1)CC1CCCCC1. The summed E-state index contributed by atoms with van der Waals surface area (Å²) >= 11 is 0. The molecular formula is C15H29P. The fourth-order valence-corrected chi connectivity index (χ4v) is 6.34. The summed E-state index contributed by atoms with van der Waals surface area (Å²) in [7, 11) is 0.374. The Labute approximate surface area is 103 Å². The second-order valence-electron chi connectivity index (χ2n) is 6.23. The van der Waals surface area contributed by atoms with E-state index in [1.165, 1.54) is 38.5 Å². The van der Waals surface area contributed by atoms with E-state index >= 15 is 0 Å². The van der Waals surface area contributed by atoms with Gasteiger partial charge < -0.3 is 0 Å². The lowest BCUT2D eigenvalue weighted by Gasteiger charge is -2.29. The molecule has 16 heavy (non-hydrogen) atoms. The third-order valence-corrected chi connectivity index (χ3v) is 6.87. The molecule has 0 saturated heterocycles. The van der Waals surface area contributed by atoms with Gasteiger partial charge in [0.1, 0.15) is 0 Å². The first-order valence-electron chi connectivity index (χ1n) is 7.53. The average molecular weight is 240 g/mol. The molecule has 0 aromatic heterocycles. The number of rotatable bonds is 4. The van der Waals surface area contributed by atoms with Crippen molar-refractivity contribution < 1.29 is 0 Å². The lowest BCUT2D eigenvalue weighted by Crippen LogP contribution is -2.14. The van der Waals surface area contributed by atoms with E-state index in [4.69, 9.17) is 0 Å². The highest BCUT2D eigenvalue weighted by atomic mass is 31.1. The van der Waals surface area contributed by atoms with E-state index in [-0.39, 0.29) is 0 Å². The molecule has 2 fully saturated rings. The third kappa shape index (κ3) is 4.36. The van der Waals surface area contributed by atoms with Crippen molar-refractivity contribution in [2.24, 2.45) is 11.8 Å². The van der Waals surface area contributed by atoms with E-state index in [0.717, 1.165) is 11.8 Å². The largest absolute Gasteiger partial charge is 0.109 e. The molecule has 1 heteroatoms. The summed E-state index contributed by atoms with van der Waals surface area (Å²) in [5.74, 6) is 2.24. The Kier molecular flexibility index (Phi) is 5.63. The molecule has 0 nitrogen and oxygen atoms in total. The Morgan fingerprint density at radius 3 is 1.44 bits per heavy atom. The first kappa shape index (κ1) is 12.9. The highest BCUT2D eigenvalue weighted by Crippen LogP contribution is 2.42. The molecule has 2 saturated carbocycles. The second-order valence-corrected chi connectivity index (χ2v) is 8.67. The molecule has 0 N–H and O–H groups in total. The van der Waals surface area contributed by atoms with Crippen molar-refractivity contribution in [2.75, 3.05) is 19.0 Å². The highest BCUT2D eigenvalue weighted by molar-refractivity contribution is 7.56. The van der Waals surface area contributed by atoms with Gasteiger partial charge >= 0.3 is 0 Å². The first-order chi connectivity index (χ1) is 7.84. The van der Waals surface area contributed by atoms with Gasteiger partial charge in [0.25, 0.3) is 0 Å². The van der Waals surface area contributed by atoms with Crippen molar-refractivity contribution in [2.45, 2.75) is 64.2 Å². The Morgan fingerprint density at radius 2 is 1.06 bits per heavy atom. The Balaban J connectivity index is 1.64. The zero-order valence-electron chi connectivity index (χ0n) is 11.1. The fraction of sp³-hybridized carbons (Fsp3) is 1.00. The van der Waals surface area contributed by atoms with Crippen LogP contribution in [0.1, 0.15) is 64.2 Å². The van der Waals surface area contributed by atoms with Crippen LogP contribution in [0.5, 0.6) is 0 Å². The van der Waals surface area contributed by atoms with Gasteiger partial charge in [0.05, 0.1) is 0 Å². The van der Waals surface area contributed by atoms with Crippen LogP contribution in [0.3, 0.4) is 0 Å². The van der Waals surface area contributed by atoms with Crippen molar-refractivity contribution in [3.63, 3.8) is 0 Å². The van der Waals surface area contributed by atoms with Crippen molar-refractivity contribution in [3.05, 3.63) is 0 Å². The normalized spacial score (nSPS) is 25.1. The summed E-state index contributed by atoms with van der Waals surface area (Å²) < 4.78 is 0. The van der Waals surface area contributed by atoms with Crippen molar-refractivity contribution in [1.82, 2.24) is 0 Å². The lowest BCUT2D eigenvalue weighted by molar-refractivity contribution is 0.380. The third-order valence-electron chi connectivity index (χ3n) is 4.59. The molecule has 0 aromatic carbocycles. The predicted molar refractivity (Wildman–Crippen MR) is 75.7 cm³/mol. The number of hydrogen-bond acceptors (Lipinski definition) is 0. The lowest BCUT2D eigenvalue weighted by atomic mass is 9.91. The summed E-state index contributed by atoms with van der Waals surface area (Å²) in [5.41, 5.74) is 0. The molecule has 0 bridgehead atoms. The van der Waals surface area contributed by atoms with Gasteiger partial charge in [-0.1, -0.05) is 64.2 Å². The highest BCUT2D eigenvalue weighted by Gasteiger charge is 2.20. The van der Waals surface area contributed by atoms with Crippen LogP contribution < -0.4 is 0 Å².